The molecule has 1 aromatic rings. The minimum Gasteiger partial charge on any atom is -0.315 e. The van der Waals surface area contributed by atoms with Crippen molar-refractivity contribution >= 4 is 15.9 Å². The molecule has 1 aliphatic heterocycles. The van der Waals surface area contributed by atoms with Crippen molar-refractivity contribution in [2.75, 3.05) is 6.54 Å². The first-order chi connectivity index (χ1) is 12.7. The summed E-state index contributed by atoms with van der Waals surface area (Å²) in [6.07, 6.45) is 3.47. The predicted octanol–water partition coefficient (Wildman–Crippen LogP) is 1.60. The smallest absolute Gasteiger partial charge is 0.294 e. The molecule has 1 heterocycles. The van der Waals surface area contributed by atoms with E-state index in [4.69, 9.17) is 5.73 Å². The van der Waals surface area contributed by atoms with Crippen molar-refractivity contribution in [1.29, 1.82) is 0 Å². The highest BCUT2D eigenvalue weighted by Gasteiger charge is 2.50. The van der Waals surface area contributed by atoms with Crippen LogP contribution in [0.2, 0.25) is 0 Å². The molecule has 0 spiro atoms. The summed E-state index contributed by atoms with van der Waals surface area (Å²) < 4.78 is 34.0. The molecule has 144 valence electrons. The monoisotopic (exact) mass is 388 g/mol. The van der Waals surface area contributed by atoms with Crippen LogP contribution in [0.3, 0.4) is 0 Å². The van der Waals surface area contributed by atoms with Crippen LogP contribution in [0.4, 0.5) is 0 Å². The van der Waals surface area contributed by atoms with E-state index in [-0.39, 0.29) is 28.9 Å². The van der Waals surface area contributed by atoms with Crippen molar-refractivity contribution in [2.24, 2.45) is 17.6 Å². The first kappa shape index (κ1) is 18.6. The third-order valence-corrected chi connectivity index (χ3v) is 7.08. The average molecular weight is 388 g/mol. The summed E-state index contributed by atoms with van der Waals surface area (Å²) in [4.78, 5) is 13.0. The van der Waals surface area contributed by atoms with Gasteiger partial charge < -0.3 is 11.1 Å². The molecule has 2 aliphatic carbocycles. The highest BCUT2D eigenvalue weighted by atomic mass is 32.2. The van der Waals surface area contributed by atoms with Crippen molar-refractivity contribution in [3.63, 3.8) is 0 Å². The van der Waals surface area contributed by atoms with Crippen molar-refractivity contribution in [2.45, 2.75) is 37.8 Å². The number of carbonyl (C=O) groups is 1. The van der Waals surface area contributed by atoms with E-state index < -0.39 is 21.4 Å². The van der Waals surface area contributed by atoms with Gasteiger partial charge >= 0.3 is 0 Å². The first-order valence-corrected chi connectivity index (χ1v) is 10.7. The van der Waals surface area contributed by atoms with Crippen LogP contribution >= 0.6 is 0 Å². The molecule has 4 unspecified atom stereocenters. The topological polar surface area (TPSA) is 109 Å². The SMILES string of the molecule is CC1(N)C(=O)C(Cc2ccccc2)=C(S(=O)(=O)O)C=C1C1CC2CNC1C2. The zero-order valence-electron chi connectivity index (χ0n) is 15.2. The summed E-state index contributed by atoms with van der Waals surface area (Å²) >= 11 is 0. The Kier molecular flexibility index (Phi) is 4.38. The fourth-order valence-corrected chi connectivity index (χ4v) is 5.57. The van der Waals surface area contributed by atoms with Gasteiger partial charge in [0.15, 0.2) is 5.78 Å². The standard InChI is InChI=1S/C20H24N2O4S/c1-20(21)16(14-8-13-9-17(14)22-11-13)10-18(27(24,25)26)15(19(20)23)7-12-5-3-2-4-6-12/h2-6,10,13-14,17,22H,7-9,11,21H2,1H3,(H,24,25,26). The Balaban J connectivity index is 1.83. The zero-order valence-corrected chi connectivity index (χ0v) is 16.0. The molecule has 27 heavy (non-hydrogen) atoms. The third-order valence-electron chi connectivity index (χ3n) is 6.16. The molecule has 1 saturated heterocycles. The van der Waals surface area contributed by atoms with Crippen LogP contribution < -0.4 is 11.1 Å². The maximum Gasteiger partial charge on any atom is 0.294 e. The normalized spacial score (nSPS) is 33.5. The lowest BCUT2D eigenvalue weighted by Gasteiger charge is -2.38. The lowest BCUT2D eigenvalue weighted by Crippen LogP contribution is -2.54. The van der Waals surface area contributed by atoms with Crippen molar-refractivity contribution < 1.29 is 17.8 Å². The second kappa shape index (κ2) is 6.38. The van der Waals surface area contributed by atoms with Gasteiger partial charge in [0.25, 0.3) is 10.1 Å². The average Bonchev–Trinajstić information content (AvgIpc) is 3.22. The number of hydrogen-bond acceptors (Lipinski definition) is 5. The molecule has 0 aromatic heterocycles. The molecule has 1 saturated carbocycles. The predicted molar refractivity (Wildman–Crippen MR) is 102 cm³/mol. The van der Waals surface area contributed by atoms with Gasteiger partial charge in [-0.05, 0) is 55.4 Å². The van der Waals surface area contributed by atoms with Crippen LogP contribution in [-0.4, -0.2) is 36.9 Å². The van der Waals surface area contributed by atoms with Crippen LogP contribution in [0.1, 0.15) is 25.3 Å². The van der Waals surface area contributed by atoms with Gasteiger partial charge in [-0.1, -0.05) is 30.3 Å². The van der Waals surface area contributed by atoms with Gasteiger partial charge in [0.2, 0.25) is 0 Å². The van der Waals surface area contributed by atoms with Crippen LogP contribution in [0, 0.1) is 11.8 Å². The van der Waals surface area contributed by atoms with E-state index in [1.165, 1.54) is 6.08 Å². The van der Waals surface area contributed by atoms with Crippen LogP contribution in [-0.2, 0) is 21.3 Å². The van der Waals surface area contributed by atoms with E-state index in [0.29, 0.717) is 11.5 Å². The molecule has 1 aromatic carbocycles. The Morgan fingerprint density at radius 2 is 1.96 bits per heavy atom. The number of hydrogen-bond donors (Lipinski definition) is 3. The van der Waals surface area contributed by atoms with Gasteiger partial charge in [-0.2, -0.15) is 8.42 Å². The molecular weight excluding hydrogens is 364 g/mol. The van der Waals surface area contributed by atoms with Crippen LogP contribution in [0.5, 0.6) is 0 Å². The van der Waals surface area contributed by atoms with E-state index >= 15 is 0 Å². The van der Waals surface area contributed by atoms with Gasteiger partial charge in [0.1, 0.15) is 4.91 Å². The quantitative estimate of drug-likeness (QED) is 0.676. The second-order valence-corrected chi connectivity index (χ2v) is 9.46. The number of piperidine rings is 1. The van der Waals surface area contributed by atoms with Crippen molar-refractivity contribution in [3.8, 4) is 0 Å². The lowest BCUT2D eigenvalue weighted by molar-refractivity contribution is -0.119. The molecule has 4 N–H and O–H groups in total. The summed E-state index contributed by atoms with van der Waals surface area (Å²) in [5, 5.41) is 3.42. The third kappa shape index (κ3) is 3.18. The summed E-state index contributed by atoms with van der Waals surface area (Å²) in [5.41, 5.74) is 6.63. The number of ketones is 1. The number of nitrogens with one attached hydrogen (secondary N) is 1. The number of nitrogens with two attached hydrogens (primary N) is 1. The molecule has 7 heteroatoms. The molecular formula is C20H24N2O4S. The Labute approximate surface area is 159 Å². The van der Waals surface area contributed by atoms with Crippen molar-refractivity contribution in [3.05, 3.63) is 58.0 Å². The fourth-order valence-electron chi connectivity index (χ4n) is 4.82. The number of rotatable bonds is 4. The first-order valence-electron chi connectivity index (χ1n) is 9.21. The van der Waals surface area contributed by atoms with E-state index in [0.717, 1.165) is 24.9 Å². The Bertz CT molecular complexity index is 947. The number of carbonyl (C=O) groups excluding carboxylic acids is 1. The summed E-state index contributed by atoms with van der Waals surface area (Å²) in [6, 6.07) is 9.32. The maximum absolute atomic E-state index is 13.3. The Morgan fingerprint density at radius 3 is 2.52 bits per heavy atom. The molecule has 2 fully saturated rings. The number of Topliss-reactive ketones (excluding diaryl/α,β-unsaturated/α-hetero) is 1. The molecule has 4 atom stereocenters. The summed E-state index contributed by atoms with van der Waals surface area (Å²) in [7, 11) is -4.55. The summed E-state index contributed by atoms with van der Waals surface area (Å²) in [5.74, 6) is 0.104. The number of fused-ring (bicyclic) bond motifs is 2. The largest absolute Gasteiger partial charge is 0.315 e. The molecule has 2 bridgehead atoms. The second-order valence-electron chi connectivity index (χ2n) is 8.07. The van der Waals surface area contributed by atoms with Gasteiger partial charge in [-0.15, -0.1) is 0 Å². The minimum atomic E-state index is -4.55. The van der Waals surface area contributed by atoms with Gasteiger partial charge in [-0.25, -0.2) is 0 Å². The fraction of sp³-hybridized carbons (Fsp3) is 0.450. The molecule has 0 amide bonds. The lowest BCUT2D eigenvalue weighted by atomic mass is 9.72. The van der Waals surface area contributed by atoms with E-state index in [1.807, 2.05) is 30.3 Å². The van der Waals surface area contributed by atoms with Gasteiger partial charge in [0.05, 0.1) is 5.54 Å². The highest BCUT2D eigenvalue weighted by Crippen LogP contribution is 2.45. The number of allylic oxidation sites excluding steroid dienone is 1. The maximum atomic E-state index is 13.3. The Morgan fingerprint density at radius 1 is 1.26 bits per heavy atom. The number of benzene rings is 1. The molecule has 0 radical (unpaired) electrons. The highest BCUT2D eigenvalue weighted by molar-refractivity contribution is 7.90. The minimum absolute atomic E-state index is 0.0118. The van der Waals surface area contributed by atoms with Gasteiger partial charge in [-0.3, -0.25) is 9.35 Å². The van der Waals surface area contributed by atoms with Crippen LogP contribution in [0.15, 0.2) is 52.5 Å². The molecule has 4 rings (SSSR count). The molecule has 6 nitrogen and oxygen atoms in total. The Hall–Kier alpha value is -1.80. The molecule has 3 aliphatic rings. The summed E-state index contributed by atoms with van der Waals surface area (Å²) in [6.45, 7) is 2.60. The van der Waals surface area contributed by atoms with Gasteiger partial charge in [0, 0.05) is 18.0 Å². The van der Waals surface area contributed by atoms with Crippen molar-refractivity contribution in [1.82, 2.24) is 5.32 Å². The zero-order chi connectivity index (χ0) is 19.4. The van der Waals surface area contributed by atoms with Crippen LogP contribution in [0.25, 0.3) is 0 Å². The van der Waals surface area contributed by atoms with E-state index in [1.54, 1.807) is 6.92 Å². The van der Waals surface area contributed by atoms with E-state index in [9.17, 15) is 17.8 Å². The van der Waals surface area contributed by atoms with E-state index in [2.05, 4.69) is 5.32 Å².